The summed E-state index contributed by atoms with van der Waals surface area (Å²) < 4.78 is 6.63. The summed E-state index contributed by atoms with van der Waals surface area (Å²) in [7, 11) is 0. The van der Waals surface area contributed by atoms with Crippen molar-refractivity contribution in [3.05, 3.63) is 34.3 Å². The molecule has 0 unspecified atom stereocenters. The quantitative estimate of drug-likeness (QED) is 0.764. The van der Waals surface area contributed by atoms with E-state index in [4.69, 9.17) is 4.74 Å². The maximum Gasteiger partial charge on any atom is 0.410 e. The maximum atomic E-state index is 12.4. The van der Waals surface area contributed by atoms with Crippen molar-refractivity contribution in [2.75, 3.05) is 13.1 Å². The zero-order valence-electron chi connectivity index (χ0n) is 14.7. The predicted octanol–water partition coefficient (Wildman–Crippen LogP) is 4.28. The number of halogens is 1. The molecular weight excluding hydrogens is 356 g/mol. The lowest BCUT2D eigenvalue weighted by molar-refractivity contribution is -0.0117. The van der Waals surface area contributed by atoms with Crippen LogP contribution in [0.1, 0.15) is 40.2 Å². The largest absolute Gasteiger partial charge is 0.444 e. The van der Waals surface area contributed by atoms with Gasteiger partial charge < -0.3 is 9.64 Å². The molecule has 0 saturated carbocycles. The molecule has 4 nitrogen and oxygen atoms in total. The van der Waals surface area contributed by atoms with E-state index in [1.54, 1.807) is 0 Å². The number of rotatable bonds is 2. The fourth-order valence-corrected chi connectivity index (χ4v) is 3.31. The first-order chi connectivity index (χ1) is 10.7. The summed E-state index contributed by atoms with van der Waals surface area (Å²) in [5.41, 5.74) is 0.831. The lowest BCUT2D eigenvalue weighted by atomic mass is 10.1. The van der Waals surface area contributed by atoms with Crippen molar-refractivity contribution >= 4 is 22.0 Å². The molecule has 23 heavy (non-hydrogen) atoms. The SMILES string of the molecule is C[C@@H]1CN(Cc2cccc(Br)c2)[C@@H](C)CN1C(=O)OC(C)(C)C. The number of amides is 1. The minimum absolute atomic E-state index is 0.146. The van der Waals surface area contributed by atoms with Gasteiger partial charge in [0.25, 0.3) is 0 Å². The second kappa shape index (κ2) is 7.22. The van der Waals surface area contributed by atoms with Crippen molar-refractivity contribution in [2.45, 2.75) is 58.8 Å². The molecule has 1 saturated heterocycles. The van der Waals surface area contributed by atoms with Gasteiger partial charge in [-0.25, -0.2) is 4.79 Å². The summed E-state index contributed by atoms with van der Waals surface area (Å²) in [5, 5.41) is 0. The van der Waals surface area contributed by atoms with E-state index in [9.17, 15) is 4.79 Å². The van der Waals surface area contributed by atoms with Gasteiger partial charge in [-0.15, -0.1) is 0 Å². The summed E-state index contributed by atoms with van der Waals surface area (Å²) in [4.78, 5) is 16.6. The molecule has 0 aliphatic carbocycles. The molecule has 1 aliphatic heterocycles. The van der Waals surface area contributed by atoms with E-state index >= 15 is 0 Å². The first-order valence-electron chi connectivity index (χ1n) is 8.14. The van der Waals surface area contributed by atoms with Crippen molar-refractivity contribution in [2.24, 2.45) is 0 Å². The van der Waals surface area contributed by atoms with Gasteiger partial charge in [0.15, 0.2) is 0 Å². The summed E-state index contributed by atoms with van der Waals surface area (Å²) in [6, 6.07) is 8.84. The summed E-state index contributed by atoms with van der Waals surface area (Å²) >= 11 is 3.52. The highest BCUT2D eigenvalue weighted by atomic mass is 79.9. The molecular formula is C18H27BrN2O2. The molecule has 1 aromatic carbocycles. The van der Waals surface area contributed by atoms with Crippen molar-refractivity contribution < 1.29 is 9.53 Å². The molecule has 1 fully saturated rings. The Morgan fingerprint density at radius 2 is 1.96 bits per heavy atom. The molecule has 1 heterocycles. The van der Waals surface area contributed by atoms with Crippen LogP contribution < -0.4 is 0 Å². The minimum Gasteiger partial charge on any atom is -0.444 e. The Labute approximate surface area is 147 Å². The molecule has 5 heteroatoms. The molecule has 2 atom stereocenters. The molecule has 1 aromatic rings. The fourth-order valence-electron chi connectivity index (χ4n) is 2.86. The Balaban J connectivity index is 2.00. The summed E-state index contributed by atoms with van der Waals surface area (Å²) in [6.45, 7) is 12.4. The molecule has 0 aromatic heterocycles. The monoisotopic (exact) mass is 382 g/mol. The van der Waals surface area contributed by atoms with Gasteiger partial charge >= 0.3 is 6.09 Å². The van der Waals surface area contributed by atoms with Crippen LogP contribution in [0.15, 0.2) is 28.7 Å². The first-order valence-corrected chi connectivity index (χ1v) is 8.93. The number of piperazine rings is 1. The third-order valence-electron chi connectivity index (χ3n) is 4.02. The highest BCUT2D eigenvalue weighted by Crippen LogP contribution is 2.21. The average Bonchev–Trinajstić information content (AvgIpc) is 2.40. The number of benzene rings is 1. The molecule has 1 amide bonds. The van der Waals surface area contributed by atoms with Crippen molar-refractivity contribution in [1.82, 2.24) is 9.80 Å². The summed E-state index contributed by atoms with van der Waals surface area (Å²) in [6.07, 6.45) is -0.209. The number of hydrogen-bond donors (Lipinski definition) is 0. The fraction of sp³-hybridized carbons (Fsp3) is 0.611. The van der Waals surface area contributed by atoms with E-state index in [1.165, 1.54) is 5.56 Å². The molecule has 128 valence electrons. The Bertz CT molecular complexity index is 556. The van der Waals surface area contributed by atoms with Crippen LogP contribution in [0, 0.1) is 0 Å². The highest BCUT2D eigenvalue weighted by molar-refractivity contribution is 9.10. The van der Waals surface area contributed by atoms with Crippen LogP contribution >= 0.6 is 15.9 Å². The Morgan fingerprint density at radius 3 is 2.57 bits per heavy atom. The first kappa shape index (κ1) is 18.3. The minimum atomic E-state index is -0.451. The van der Waals surface area contributed by atoms with E-state index in [0.717, 1.165) is 17.6 Å². The van der Waals surface area contributed by atoms with E-state index in [0.29, 0.717) is 12.6 Å². The van der Waals surface area contributed by atoms with Gasteiger partial charge in [0.1, 0.15) is 5.60 Å². The molecule has 0 spiro atoms. The zero-order valence-corrected chi connectivity index (χ0v) is 16.3. The van der Waals surface area contributed by atoms with Crippen LogP contribution in [0.5, 0.6) is 0 Å². The van der Waals surface area contributed by atoms with Gasteiger partial charge in [-0.2, -0.15) is 0 Å². The normalized spacial score (nSPS) is 23.0. The number of carbonyl (C=O) groups excluding carboxylic acids is 1. The van der Waals surface area contributed by atoms with E-state index < -0.39 is 5.60 Å². The van der Waals surface area contributed by atoms with Crippen LogP contribution in [-0.2, 0) is 11.3 Å². The Morgan fingerprint density at radius 1 is 1.26 bits per heavy atom. The van der Waals surface area contributed by atoms with Gasteiger partial charge in [0.05, 0.1) is 0 Å². The van der Waals surface area contributed by atoms with Crippen molar-refractivity contribution in [1.29, 1.82) is 0 Å². The van der Waals surface area contributed by atoms with E-state index in [2.05, 4.69) is 52.9 Å². The second-order valence-electron chi connectivity index (χ2n) is 7.39. The lowest BCUT2D eigenvalue weighted by Crippen LogP contribution is -2.58. The van der Waals surface area contributed by atoms with E-state index in [1.807, 2.05) is 31.7 Å². The predicted molar refractivity (Wildman–Crippen MR) is 96.4 cm³/mol. The van der Waals surface area contributed by atoms with Crippen molar-refractivity contribution in [3.8, 4) is 0 Å². The highest BCUT2D eigenvalue weighted by Gasteiger charge is 2.34. The van der Waals surface area contributed by atoms with Gasteiger partial charge in [0.2, 0.25) is 0 Å². The standard InChI is InChI=1S/C18H27BrN2O2/c1-13-11-21(17(22)23-18(3,4)5)14(2)10-20(13)12-15-7-6-8-16(19)9-15/h6-9,13-14H,10-12H2,1-5H3/t13-,14+/m0/s1. The molecule has 0 radical (unpaired) electrons. The topological polar surface area (TPSA) is 32.8 Å². The maximum absolute atomic E-state index is 12.4. The van der Waals surface area contributed by atoms with Gasteiger partial charge in [-0.05, 0) is 52.3 Å². The average molecular weight is 383 g/mol. The molecule has 0 bridgehead atoms. The number of nitrogens with zero attached hydrogens (tertiary/aromatic N) is 2. The Hall–Kier alpha value is -1.07. The van der Waals surface area contributed by atoms with Gasteiger partial charge in [0, 0.05) is 36.2 Å². The van der Waals surface area contributed by atoms with Gasteiger partial charge in [-0.1, -0.05) is 28.1 Å². The number of ether oxygens (including phenoxy) is 1. The third-order valence-corrected chi connectivity index (χ3v) is 4.51. The zero-order chi connectivity index (χ0) is 17.2. The molecule has 0 N–H and O–H groups in total. The number of hydrogen-bond acceptors (Lipinski definition) is 3. The lowest BCUT2D eigenvalue weighted by Gasteiger charge is -2.44. The van der Waals surface area contributed by atoms with Crippen LogP contribution in [0.2, 0.25) is 0 Å². The van der Waals surface area contributed by atoms with Crippen LogP contribution in [-0.4, -0.2) is 46.7 Å². The third kappa shape index (κ3) is 5.21. The Kier molecular flexibility index (Phi) is 5.74. The molecule has 1 aliphatic rings. The summed E-state index contributed by atoms with van der Waals surface area (Å²) in [5.74, 6) is 0. The van der Waals surface area contributed by atoms with Crippen LogP contribution in [0.3, 0.4) is 0 Å². The van der Waals surface area contributed by atoms with Crippen molar-refractivity contribution in [3.63, 3.8) is 0 Å². The second-order valence-corrected chi connectivity index (χ2v) is 8.31. The van der Waals surface area contributed by atoms with E-state index in [-0.39, 0.29) is 12.1 Å². The molecule has 2 rings (SSSR count). The van der Waals surface area contributed by atoms with Crippen LogP contribution in [0.25, 0.3) is 0 Å². The smallest absolute Gasteiger partial charge is 0.410 e. The van der Waals surface area contributed by atoms with Crippen LogP contribution in [0.4, 0.5) is 4.79 Å². The van der Waals surface area contributed by atoms with Gasteiger partial charge in [-0.3, -0.25) is 4.90 Å². The number of carbonyl (C=O) groups is 1.